The zero-order valence-corrected chi connectivity index (χ0v) is 11.1. The second-order valence-electron chi connectivity index (χ2n) is 3.43. The Hall–Kier alpha value is -1.18. The summed E-state index contributed by atoms with van der Waals surface area (Å²) in [7, 11) is 0. The Kier molecular flexibility index (Phi) is 3.37. The zero-order chi connectivity index (χ0) is 11.5. The minimum atomic E-state index is 0.407. The average molecular weight is 293 g/mol. The van der Waals surface area contributed by atoms with Gasteiger partial charge in [0.25, 0.3) is 0 Å². The fourth-order valence-corrected chi connectivity index (χ4v) is 2.90. The summed E-state index contributed by atoms with van der Waals surface area (Å²) < 4.78 is 0.787. The molecule has 16 heavy (non-hydrogen) atoms. The van der Waals surface area contributed by atoms with Crippen LogP contribution < -0.4 is 0 Å². The van der Waals surface area contributed by atoms with Crippen LogP contribution in [0, 0.1) is 18.3 Å². The lowest BCUT2D eigenvalue weighted by Gasteiger charge is -1.95. The molecule has 1 heterocycles. The lowest BCUT2D eigenvalue weighted by molar-refractivity contribution is 1.24. The van der Waals surface area contributed by atoms with Crippen LogP contribution in [-0.2, 0) is 6.42 Å². The summed E-state index contributed by atoms with van der Waals surface area (Å²) in [5.74, 6) is 0. The summed E-state index contributed by atoms with van der Waals surface area (Å²) in [5.41, 5.74) is 2.33. The van der Waals surface area contributed by atoms with Crippen molar-refractivity contribution in [2.75, 3.05) is 0 Å². The highest BCUT2D eigenvalue weighted by molar-refractivity contribution is 9.10. The van der Waals surface area contributed by atoms with Gasteiger partial charge in [-0.3, -0.25) is 0 Å². The maximum Gasteiger partial charge on any atom is 0.124 e. The predicted molar refractivity (Wildman–Crippen MR) is 69.3 cm³/mol. The van der Waals surface area contributed by atoms with Gasteiger partial charge < -0.3 is 0 Å². The smallest absolute Gasteiger partial charge is 0.124 e. The van der Waals surface area contributed by atoms with E-state index in [-0.39, 0.29) is 0 Å². The Morgan fingerprint density at radius 1 is 1.38 bits per heavy atom. The fourth-order valence-electron chi connectivity index (χ4n) is 1.33. The maximum atomic E-state index is 8.67. The summed E-state index contributed by atoms with van der Waals surface area (Å²) >= 11 is 4.94. The number of aromatic nitrogens is 1. The topological polar surface area (TPSA) is 36.7 Å². The Bertz CT molecular complexity index is 537. The van der Waals surface area contributed by atoms with E-state index in [9.17, 15) is 0 Å². The lowest BCUT2D eigenvalue weighted by Crippen LogP contribution is -1.76. The van der Waals surface area contributed by atoms with Crippen LogP contribution in [0.2, 0.25) is 0 Å². The van der Waals surface area contributed by atoms with E-state index in [2.05, 4.69) is 58.2 Å². The number of nitrogens with zero attached hydrogens (tertiary/aromatic N) is 2. The number of aryl methyl sites for hydroxylation is 1. The van der Waals surface area contributed by atoms with E-state index < -0.39 is 0 Å². The first-order valence-corrected chi connectivity index (χ1v) is 6.41. The van der Waals surface area contributed by atoms with Crippen LogP contribution in [0.25, 0.3) is 10.6 Å². The first-order valence-electron chi connectivity index (χ1n) is 4.80. The van der Waals surface area contributed by atoms with E-state index in [0.29, 0.717) is 6.42 Å². The number of hydrogen-bond donors (Lipinski definition) is 0. The van der Waals surface area contributed by atoms with E-state index in [1.165, 1.54) is 5.56 Å². The minimum absolute atomic E-state index is 0.407. The number of benzene rings is 1. The highest BCUT2D eigenvalue weighted by atomic mass is 79.9. The van der Waals surface area contributed by atoms with E-state index in [4.69, 9.17) is 5.26 Å². The Balaban J connectivity index is 2.38. The van der Waals surface area contributed by atoms with Gasteiger partial charge in [-0.05, 0) is 22.9 Å². The molecule has 2 nitrogen and oxygen atoms in total. The van der Waals surface area contributed by atoms with Gasteiger partial charge in [-0.25, -0.2) is 4.98 Å². The van der Waals surface area contributed by atoms with E-state index in [1.54, 1.807) is 11.3 Å². The number of rotatable bonds is 2. The monoisotopic (exact) mass is 292 g/mol. The molecule has 80 valence electrons. The van der Waals surface area contributed by atoms with Crippen molar-refractivity contribution in [1.29, 1.82) is 5.26 Å². The molecule has 0 bridgehead atoms. The molecule has 0 amide bonds. The molecule has 0 aliphatic rings. The van der Waals surface area contributed by atoms with Crippen molar-refractivity contribution in [3.63, 3.8) is 0 Å². The number of halogens is 1. The second kappa shape index (κ2) is 4.77. The second-order valence-corrected chi connectivity index (χ2v) is 5.27. The normalized spacial score (nSPS) is 10.1. The minimum Gasteiger partial charge on any atom is -0.229 e. The van der Waals surface area contributed by atoms with E-state index in [0.717, 1.165) is 20.1 Å². The molecule has 0 N–H and O–H groups in total. The van der Waals surface area contributed by atoms with Crippen LogP contribution in [0.15, 0.2) is 28.9 Å². The molecule has 0 atom stereocenters. The zero-order valence-electron chi connectivity index (χ0n) is 8.70. The highest BCUT2D eigenvalue weighted by Crippen LogP contribution is 2.31. The molecule has 2 rings (SSSR count). The number of nitriles is 1. The fraction of sp³-hybridized carbons (Fsp3) is 0.167. The van der Waals surface area contributed by atoms with Crippen LogP contribution in [0.1, 0.15) is 10.4 Å². The molecule has 0 radical (unpaired) electrons. The Morgan fingerprint density at radius 3 is 2.69 bits per heavy atom. The average Bonchev–Trinajstić information content (AvgIpc) is 2.62. The number of hydrogen-bond acceptors (Lipinski definition) is 3. The van der Waals surface area contributed by atoms with Gasteiger partial charge in [0.2, 0.25) is 0 Å². The summed E-state index contributed by atoms with van der Waals surface area (Å²) in [6, 6.07) is 10.4. The third-order valence-corrected chi connectivity index (χ3v) is 4.21. The summed E-state index contributed by atoms with van der Waals surface area (Å²) in [6.45, 7) is 2.06. The van der Waals surface area contributed by atoms with Gasteiger partial charge in [0.15, 0.2) is 0 Å². The van der Waals surface area contributed by atoms with Crippen LogP contribution >= 0.6 is 27.3 Å². The molecule has 0 aliphatic carbocycles. The van der Waals surface area contributed by atoms with Gasteiger partial charge in [0, 0.05) is 5.56 Å². The van der Waals surface area contributed by atoms with E-state index in [1.807, 2.05) is 0 Å². The van der Waals surface area contributed by atoms with Crippen molar-refractivity contribution >= 4 is 27.3 Å². The standard InChI is InChI=1S/C12H9BrN2S/c1-8-2-4-9(5-3-8)12-15-11(13)10(16-12)6-7-14/h2-5H,6H2,1H3. The van der Waals surface area contributed by atoms with Gasteiger partial charge in [-0.1, -0.05) is 29.8 Å². The van der Waals surface area contributed by atoms with Crippen LogP contribution in [-0.4, -0.2) is 4.98 Å². The molecule has 0 aliphatic heterocycles. The third-order valence-electron chi connectivity index (χ3n) is 2.19. The highest BCUT2D eigenvalue weighted by Gasteiger charge is 2.09. The third kappa shape index (κ3) is 2.31. The molecule has 0 unspecified atom stereocenters. The molecular formula is C12H9BrN2S. The largest absolute Gasteiger partial charge is 0.229 e. The van der Waals surface area contributed by atoms with Gasteiger partial charge in [-0.2, -0.15) is 5.26 Å². The molecule has 1 aromatic heterocycles. The van der Waals surface area contributed by atoms with Gasteiger partial charge in [-0.15, -0.1) is 11.3 Å². The molecule has 2 aromatic rings. The van der Waals surface area contributed by atoms with Crippen molar-refractivity contribution in [3.8, 4) is 16.6 Å². The lowest BCUT2D eigenvalue weighted by atomic mass is 10.2. The van der Waals surface area contributed by atoms with Crippen molar-refractivity contribution in [2.24, 2.45) is 0 Å². The maximum absolute atomic E-state index is 8.67. The Labute approximate surface area is 107 Å². The van der Waals surface area contributed by atoms with Gasteiger partial charge >= 0.3 is 0 Å². The van der Waals surface area contributed by atoms with Crippen molar-refractivity contribution in [3.05, 3.63) is 39.3 Å². The van der Waals surface area contributed by atoms with Crippen molar-refractivity contribution in [1.82, 2.24) is 4.98 Å². The number of thiazole rings is 1. The Morgan fingerprint density at radius 2 is 2.06 bits per heavy atom. The summed E-state index contributed by atoms with van der Waals surface area (Å²) in [6.07, 6.45) is 0.407. The molecular weight excluding hydrogens is 284 g/mol. The SMILES string of the molecule is Cc1ccc(-c2nc(Br)c(CC#N)s2)cc1. The molecule has 0 fully saturated rings. The summed E-state index contributed by atoms with van der Waals surface area (Å²) in [5, 5.41) is 9.62. The molecule has 0 saturated carbocycles. The van der Waals surface area contributed by atoms with Crippen molar-refractivity contribution in [2.45, 2.75) is 13.3 Å². The van der Waals surface area contributed by atoms with Crippen LogP contribution in [0.5, 0.6) is 0 Å². The van der Waals surface area contributed by atoms with E-state index >= 15 is 0 Å². The van der Waals surface area contributed by atoms with Gasteiger partial charge in [0.1, 0.15) is 9.61 Å². The van der Waals surface area contributed by atoms with Crippen molar-refractivity contribution < 1.29 is 0 Å². The predicted octanol–water partition coefficient (Wildman–Crippen LogP) is 3.95. The molecule has 0 saturated heterocycles. The first kappa shape index (κ1) is 11.3. The quantitative estimate of drug-likeness (QED) is 0.840. The molecule has 4 heteroatoms. The summed E-state index contributed by atoms with van der Waals surface area (Å²) in [4.78, 5) is 5.40. The van der Waals surface area contributed by atoms with Crippen LogP contribution in [0.3, 0.4) is 0 Å². The molecule has 0 spiro atoms. The molecule has 1 aromatic carbocycles. The van der Waals surface area contributed by atoms with Crippen LogP contribution in [0.4, 0.5) is 0 Å². The van der Waals surface area contributed by atoms with Gasteiger partial charge in [0.05, 0.1) is 17.4 Å². The first-order chi connectivity index (χ1) is 7.70.